The van der Waals surface area contributed by atoms with Crippen molar-refractivity contribution in [2.24, 2.45) is 0 Å². The van der Waals surface area contributed by atoms with Crippen LogP contribution in [-0.2, 0) is 11.2 Å². The molecule has 2 aromatic carbocycles. The third kappa shape index (κ3) is 4.28. The SMILES string of the molecule is CCC1O[C@@H](c2ccc(Cl)c(Cc3ccc(OC)cc3)c2)[C@H](O)[C@@H](O)[C@@H]1O. The van der Waals surface area contributed by atoms with Gasteiger partial charge in [0.15, 0.2) is 0 Å². The molecule has 146 valence electrons. The Kier molecular flexibility index (Phi) is 6.40. The Morgan fingerprint density at radius 3 is 2.33 bits per heavy atom. The number of methoxy groups -OCH3 is 1. The zero-order valence-electron chi connectivity index (χ0n) is 15.4. The van der Waals surface area contributed by atoms with E-state index >= 15 is 0 Å². The van der Waals surface area contributed by atoms with Crippen LogP contribution >= 0.6 is 11.6 Å². The van der Waals surface area contributed by atoms with Gasteiger partial charge in [0.25, 0.3) is 0 Å². The summed E-state index contributed by atoms with van der Waals surface area (Å²) in [5, 5.41) is 31.2. The van der Waals surface area contributed by atoms with E-state index in [1.54, 1.807) is 19.2 Å². The van der Waals surface area contributed by atoms with Crippen molar-refractivity contribution in [3.8, 4) is 5.75 Å². The number of rotatable bonds is 5. The lowest BCUT2D eigenvalue weighted by molar-refractivity contribution is -0.225. The summed E-state index contributed by atoms with van der Waals surface area (Å²) < 4.78 is 11.1. The second-order valence-corrected chi connectivity index (χ2v) is 7.26. The first-order valence-electron chi connectivity index (χ1n) is 9.05. The molecule has 5 nitrogen and oxygen atoms in total. The summed E-state index contributed by atoms with van der Waals surface area (Å²) in [4.78, 5) is 0. The zero-order valence-corrected chi connectivity index (χ0v) is 16.1. The standard InChI is InChI=1S/C21H25ClO5/c1-3-17-18(23)19(24)20(25)21(27-17)13-6-9-16(22)14(11-13)10-12-4-7-15(26-2)8-5-12/h4-9,11,17-21,23-25H,3,10H2,1-2H3/t17?,18-,19+,20-,21+/m1/s1. The number of aliphatic hydroxyl groups excluding tert-OH is 3. The number of ether oxygens (including phenoxy) is 2. The molecule has 0 amide bonds. The van der Waals surface area contributed by atoms with E-state index in [4.69, 9.17) is 21.1 Å². The predicted molar refractivity (Wildman–Crippen MR) is 103 cm³/mol. The molecule has 1 aliphatic rings. The van der Waals surface area contributed by atoms with Gasteiger partial charge in [-0.05, 0) is 47.7 Å². The quantitative estimate of drug-likeness (QED) is 0.729. The van der Waals surface area contributed by atoms with Crippen LogP contribution in [0.4, 0.5) is 0 Å². The molecule has 3 rings (SSSR count). The molecule has 1 aliphatic heterocycles. The highest BCUT2D eigenvalue weighted by molar-refractivity contribution is 6.31. The average molecular weight is 393 g/mol. The number of hydrogen-bond donors (Lipinski definition) is 3. The van der Waals surface area contributed by atoms with E-state index in [1.807, 2.05) is 37.3 Å². The second-order valence-electron chi connectivity index (χ2n) is 6.85. The number of benzene rings is 2. The summed E-state index contributed by atoms with van der Waals surface area (Å²) in [5.41, 5.74) is 2.69. The van der Waals surface area contributed by atoms with Gasteiger partial charge in [-0.2, -0.15) is 0 Å². The van der Waals surface area contributed by atoms with Crippen LogP contribution in [0.25, 0.3) is 0 Å². The molecule has 0 radical (unpaired) electrons. The monoisotopic (exact) mass is 392 g/mol. The first kappa shape index (κ1) is 20.1. The van der Waals surface area contributed by atoms with Crippen molar-refractivity contribution in [3.05, 3.63) is 64.2 Å². The van der Waals surface area contributed by atoms with Gasteiger partial charge in [0, 0.05) is 5.02 Å². The third-order valence-electron chi connectivity index (χ3n) is 5.07. The summed E-state index contributed by atoms with van der Waals surface area (Å²) in [6.45, 7) is 1.87. The van der Waals surface area contributed by atoms with Crippen molar-refractivity contribution in [1.29, 1.82) is 0 Å². The molecule has 3 N–H and O–H groups in total. The summed E-state index contributed by atoms with van der Waals surface area (Å²) in [6.07, 6.45) is -3.68. The number of hydrogen-bond acceptors (Lipinski definition) is 5. The highest BCUT2D eigenvalue weighted by atomic mass is 35.5. The van der Waals surface area contributed by atoms with E-state index in [2.05, 4.69) is 0 Å². The second kappa shape index (κ2) is 8.59. The van der Waals surface area contributed by atoms with Gasteiger partial charge < -0.3 is 24.8 Å². The van der Waals surface area contributed by atoms with Gasteiger partial charge in [-0.1, -0.05) is 42.8 Å². The minimum Gasteiger partial charge on any atom is -0.497 e. The minimum atomic E-state index is -1.26. The van der Waals surface area contributed by atoms with Gasteiger partial charge in [-0.25, -0.2) is 0 Å². The van der Waals surface area contributed by atoms with Crippen molar-refractivity contribution in [1.82, 2.24) is 0 Å². The number of halogens is 1. The lowest BCUT2D eigenvalue weighted by Crippen LogP contribution is -2.53. The van der Waals surface area contributed by atoms with Crippen LogP contribution in [0.1, 0.15) is 36.1 Å². The van der Waals surface area contributed by atoms with Crippen molar-refractivity contribution < 1.29 is 24.8 Å². The largest absolute Gasteiger partial charge is 0.497 e. The van der Waals surface area contributed by atoms with Crippen LogP contribution in [0, 0.1) is 0 Å². The summed E-state index contributed by atoms with van der Waals surface area (Å²) in [5.74, 6) is 0.787. The lowest BCUT2D eigenvalue weighted by Gasteiger charge is -2.40. The van der Waals surface area contributed by atoms with Crippen LogP contribution < -0.4 is 4.74 Å². The molecule has 0 aliphatic carbocycles. The summed E-state index contributed by atoms with van der Waals surface area (Å²) in [6, 6.07) is 13.2. The topological polar surface area (TPSA) is 79.2 Å². The Hall–Kier alpha value is -1.63. The predicted octanol–water partition coefficient (Wildman–Crippen LogP) is 2.87. The maximum absolute atomic E-state index is 10.4. The molecular formula is C21H25ClO5. The normalized spacial score (nSPS) is 28.1. The molecular weight excluding hydrogens is 368 g/mol. The molecule has 1 heterocycles. The summed E-state index contributed by atoms with van der Waals surface area (Å²) >= 11 is 6.37. The molecule has 0 spiro atoms. The Balaban J connectivity index is 1.85. The van der Waals surface area contributed by atoms with Gasteiger partial charge in [0.2, 0.25) is 0 Å². The maximum atomic E-state index is 10.4. The minimum absolute atomic E-state index is 0.533. The van der Waals surface area contributed by atoms with Crippen LogP contribution in [0.5, 0.6) is 5.75 Å². The van der Waals surface area contributed by atoms with Crippen LogP contribution in [0.3, 0.4) is 0 Å². The first-order valence-corrected chi connectivity index (χ1v) is 9.43. The van der Waals surface area contributed by atoms with Gasteiger partial charge in [0.05, 0.1) is 13.2 Å². The molecule has 0 aromatic heterocycles. The molecule has 5 atom stereocenters. The van der Waals surface area contributed by atoms with Gasteiger partial charge in [0.1, 0.15) is 30.2 Å². The average Bonchev–Trinajstić information content (AvgIpc) is 2.69. The van der Waals surface area contributed by atoms with Crippen molar-refractivity contribution in [3.63, 3.8) is 0 Å². The molecule has 0 saturated carbocycles. The Morgan fingerprint density at radius 1 is 1.00 bits per heavy atom. The molecule has 2 aromatic rings. The van der Waals surface area contributed by atoms with Crippen molar-refractivity contribution >= 4 is 11.6 Å². The summed E-state index contributed by atoms with van der Waals surface area (Å²) in [7, 11) is 1.62. The highest BCUT2D eigenvalue weighted by Crippen LogP contribution is 2.35. The fourth-order valence-electron chi connectivity index (χ4n) is 3.43. The molecule has 0 bridgehead atoms. The van der Waals surface area contributed by atoms with E-state index < -0.39 is 30.5 Å². The Bertz CT molecular complexity index is 762. The number of aliphatic hydroxyl groups is 3. The lowest BCUT2D eigenvalue weighted by atomic mass is 9.89. The Morgan fingerprint density at radius 2 is 1.70 bits per heavy atom. The van der Waals surface area contributed by atoms with E-state index in [-0.39, 0.29) is 0 Å². The van der Waals surface area contributed by atoms with E-state index in [1.165, 1.54) is 0 Å². The van der Waals surface area contributed by atoms with Gasteiger partial charge in [-0.3, -0.25) is 0 Å². The fraction of sp³-hybridized carbons (Fsp3) is 0.429. The molecule has 27 heavy (non-hydrogen) atoms. The van der Waals surface area contributed by atoms with Gasteiger partial charge in [-0.15, -0.1) is 0 Å². The van der Waals surface area contributed by atoms with Crippen LogP contribution in [0.15, 0.2) is 42.5 Å². The van der Waals surface area contributed by atoms with E-state index in [9.17, 15) is 15.3 Å². The zero-order chi connectivity index (χ0) is 19.6. The maximum Gasteiger partial charge on any atom is 0.118 e. The fourth-order valence-corrected chi connectivity index (χ4v) is 3.62. The molecule has 1 unspecified atom stereocenters. The Labute approximate surface area is 164 Å². The first-order chi connectivity index (χ1) is 12.9. The molecule has 1 saturated heterocycles. The van der Waals surface area contributed by atoms with Gasteiger partial charge >= 0.3 is 0 Å². The van der Waals surface area contributed by atoms with E-state index in [0.717, 1.165) is 22.4 Å². The van der Waals surface area contributed by atoms with E-state index in [0.29, 0.717) is 17.9 Å². The highest BCUT2D eigenvalue weighted by Gasteiger charge is 2.43. The smallest absolute Gasteiger partial charge is 0.118 e. The molecule has 6 heteroatoms. The van der Waals surface area contributed by atoms with Crippen LogP contribution in [0.2, 0.25) is 5.02 Å². The third-order valence-corrected chi connectivity index (χ3v) is 5.44. The van der Waals surface area contributed by atoms with Crippen molar-refractivity contribution in [2.75, 3.05) is 7.11 Å². The van der Waals surface area contributed by atoms with Crippen LogP contribution in [-0.4, -0.2) is 46.8 Å². The molecule has 1 fully saturated rings. The van der Waals surface area contributed by atoms with Crippen molar-refractivity contribution in [2.45, 2.75) is 50.3 Å².